The molecule has 2 aromatic rings. The van der Waals surface area contributed by atoms with Crippen molar-refractivity contribution >= 4 is 21.7 Å². The standard InChI is InChI=1S/C18H19FN2O5S/c1-12(26-16-6-4-3-5-15(16)19)17(22)20-21-18(23)14-9-7-13(8-10-14)11-27(2,24)25/h3-10,12H,11H2,1-2H3,(H,20,22)(H,21,23)/t12-/m1/s1. The highest BCUT2D eigenvalue weighted by Crippen LogP contribution is 2.16. The third kappa shape index (κ3) is 6.37. The van der Waals surface area contributed by atoms with E-state index in [0.29, 0.717) is 5.56 Å². The zero-order valence-electron chi connectivity index (χ0n) is 14.7. The summed E-state index contributed by atoms with van der Waals surface area (Å²) in [6.45, 7) is 1.41. The molecule has 0 saturated heterocycles. The highest BCUT2D eigenvalue weighted by atomic mass is 32.2. The van der Waals surface area contributed by atoms with Crippen LogP contribution in [0.2, 0.25) is 0 Å². The van der Waals surface area contributed by atoms with E-state index in [4.69, 9.17) is 4.74 Å². The molecule has 0 unspecified atom stereocenters. The number of carbonyl (C=O) groups is 2. The number of amides is 2. The summed E-state index contributed by atoms with van der Waals surface area (Å²) < 4.78 is 41.2. The molecule has 2 rings (SSSR count). The fraction of sp³-hybridized carbons (Fsp3) is 0.222. The Labute approximate surface area is 156 Å². The van der Waals surface area contributed by atoms with Gasteiger partial charge in [0.15, 0.2) is 27.5 Å². The van der Waals surface area contributed by atoms with E-state index in [9.17, 15) is 22.4 Å². The molecule has 144 valence electrons. The molecule has 0 aliphatic rings. The lowest BCUT2D eigenvalue weighted by Gasteiger charge is -2.15. The Morgan fingerprint density at radius 1 is 1.07 bits per heavy atom. The van der Waals surface area contributed by atoms with Gasteiger partial charge in [0, 0.05) is 11.8 Å². The van der Waals surface area contributed by atoms with Crippen LogP contribution in [0, 0.1) is 5.82 Å². The number of carbonyl (C=O) groups excluding carboxylic acids is 2. The number of rotatable bonds is 6. The number of sulfone groups is 1. The van der Waals surface area contributed by atoms with Crippen LogP contribution < -0.4 is 15.6 Å². The van der Waals surface area contributed by atoms with Gasteiger partial charge in [-0.05, 0) is 36.8 Å². The predicted octanol–water partition coefficient (Wildman–Crippen LogP) is 1.60. The summed E-state index contributed by atoms with van der Waals surface area (Å²) in [5.41, 5.74) is 5.19. The van der Waals surface area contributed by atoms with Crippen LogP contribution in [0.3, 0.4) is 0 Å². The van der Waals surface area contributed by atoms with Crippen LogP contribution >= 0.6 is 0 Å². The van der Waals surface area contributed by atoms with Crippen molar-refractivity contribution in [2.75, 3.05) is 6.26 Å². The molecule has 0 bridgehead atoms. The van der Waals surface area contributed by atoms with E-state index in [1.54, 1.807) is 6.07 Å². The van der Waals surface area contributed by atoms with Crippen LogP contribution in [0.15, 0.2) is 48.5 Å². The van der Waals surface area contributed by atoms with Crippen molar-refractivity contribution in [3.63, 3.8) is 0 Å². The second-order valence-corrected chi connectivity index (χ2v) is 8.04. The maximum atomic E-state index is 13.5. The minimum Gasteiger partial charge on any atom is -0.478 e. The first kappa shape index (κ1) is 20.4. The van der Waals surface area contributed by atoms with Gasteiger partial charge in [0.05, 0.1) is 5.75 Å². The SMILES string of the molecule is C[C@@H](Oc1ccccc1F)C(=O)NNC(=O)c1ccc(CS(C)(=O)=O)cc1. The topological polar surface area (TPSA) is 102 Å². The predicted molar refractivity (Wildman–Crippen MR) is 97.1 cm³/mol. The first-order valence-electron chi connectivity index (χ1n) is 7.94. The zero-order valence-corrected chi connectivity index (χ0v) is 15.5. The van der Waals surface area contributed by atoms with Crippen LogP contribution in [0.25, 0.3) is 0 Å². The van der Waals surface area contributed by atoms with Crippen molar-refractivity contribution in [3.05, 3.63) is 65.5 Å². The van der Waals surface area contributed by atoms with E-state index >= 15 is 0 Å². The van der Waals surface area contributed by atoms with E-state index < -0.39 is 33.6 Å². The lowest BCUT2D eigenvalue weighted by atomic mass is 10.1. The summed E-state index contributed by atoms with van der Waals surface area (Å²) in [6, 6.07) is 11.6. The molecule has 2 aromatic carbocycles. The van der Waals surface area contributed by atoms with Gasteiger partial charge >= 0.3 is 0 Å². The van der Waals surface area contributed by atoms with E-state index in [0.717, 1.165) is 6.26 Å². The summed E-state index contributed by atoms with van der Waals surface area (Å²) in [6.07, 6.45) is 0.0765. The second-order valence-electron chi connectivity index (χ2n) is 5.90. The van der Waals surface area contributed by atoms with E-state index in [-0.39, 0.29) is 17.1 Å². The molecule has 1 atom stereocenters. The van der Waals surface area contributed by atoms with Crippen molar-refractivity contribution in [1.29, 1.82) is 0 Å². The molecule has 0 fully saturated rings. The number of hydrogen-bond acceptors (Lipinski definition) is 5. The van der Waals surface area contributed by atoms with Gasteiger partial charge in [-0.3, -0.25) is 20.4 Å². The van der Waals surface area contributed by atoms with Gasteiger partial charge in [0.25, 0.3) is 11.8 Å². The third-order valence-corrected chi connectivity index (χ3v) is 4.31. The first-order chi connectivity index (χ1) is 12.7. The molecule has 7 nitrogen and oxygen atoms in total. The Hall–Kier alpha value is -2.94. The number of ether oxygens (including phenoxy) is 1. The number of halogens is 1. The molecule has 0 aliphatic heterocycles. The van der Waals surface area contributed by atoms with Crippen LogP contribution in [0.5, 0.6) is 5.75 Å². The summed E-state index contributed by atoms with van der Waals surface area (Å²) >= 11 is 0. The van der Waals surface area contributed by atoms with Crippen molar-refractivity contribution in [2.24, 2.45) is 0 Å². The Morgan fingerprint density at radius 2 is 1.70 bits per heavy atom. The van der Waals surface area contributed by atoms with Gasteiger partial charge in [0.2, 0.25) is 0 Å². The number of benzene rings is 2. The summed E-state index contributed by atoms with van der Waals surface area (Å²) in [7, 11) is -3.17. The average Bonchev–Trinajstić information content (AvgIpc) is 2.60. The molecule has 2 amide bonds. The van der Waals surface area contributed by atoms with Crippen LogP contribution in [-0.2, 0) is 20.4 Å². The molecular formula is C18H19FN2O5S. The Balaban J connectivity index is 1.89. The summed E-state index contributed by atoms with van der Waals surface area (Å²) in [4.78, 5) is 24.0. The average molecular weight is 394 g/mol. The number of hydrazine groups is 1. The lowest BCUT2D eigenvalue weighted by Crippen LogP contribution is -2.47. The lowest BCUT2D eigenvalue weighted by molar-refractivity contribution is -0.128. The Morgan fingerprint density at radius 3 is 2.30 bits per heavy atom. The van der Waals surface area contributed by atoms with Gasteiger partial charge in [-0.25, -0.2) is 12.8 Å². The zero-order chi connectivity index (χ0) is 20.0. The number of para-hydroxylation sites is 1. The maximum Gasteiger partial charge on any atom is 0.279 e. The highest BCUT2D eigenvalue weighted by molar-refractivity contribution is 7.89. The van der Waals surface area contributed by atoms with Crippen molar-refractivity contribution in [2.45, 2.75) is 18.8 Å². The second kappa shape index (κ2) is 8.63. The van der Waals surface area contributed by atoms with Gasteiger partial charge in [0.1, 0.15) is 0 Å². The smallest absolute Gasteiger partial charge is 0.279 e. The quantitative estimate of drug-likeness (QED) is 0.725. The van der Waals surface area contributed by atoms with Gasteiger partial charge < -0.3 is 4.74 Å². The van der Waals surface area contributed by atoms with E-state index in [1.807, 2.05) is 0 Å². The fourth-order valence-corrected chi connectivity index (χ4v) is 2.93. The van der Waals surface area contributed by atoms with Gasteiger partial charge in [-0.2, -0.15) is 0 Å². The Bertz CT molecular complexity index is 929. The monoisotopic (exact) mass is 394 g/mol. The maximum absolute atomic E-state index is 13.5. The molecule has 0 saturated carbocycles. The molecule has 2 N–H and O–H groups in total. The minimum atomic E-state index is -3.17. The number of hydrogen-bond donors (Lipinski definition) is 2. The molecule has 9 heteroatoms. The molecule has 0 spiro atoms. The summed E-state index contributed by atoms with van der Waals surface area (Å²) in [5.74, 6) is -2.06. The number of nitrogens with one attached hydrogen (secondary N) is 2. The Kier molecular flexibility index (Phi) is 6.51. The van der Waals surface area contributed by atoms with Crippen molar-refractivity contribution in [3.8, 4) is 5.75 Å². The largest absolute Gasteiger partial charge is 0.478 e. The van der Waals surface area contributed by atoms with E-state index in [1.165, 1.54) is 49.4 Å². The molecular weight excluding hydrogens is 375 g/mol. The normalized spacial score (nSPS) is 12.1. The fourth-order valence-electron chi connectivity index (χ4n) is 2.13. The van der Waals surface area contributed by atoms with Gasteiger partial charge in [-0.15, -0.1) is 0 Å². The molecule has 0 aliphatic carbocycles. The van der Waals surface area contributed by atoms with Crippen LogP contribution in [-0.4, -0.2) is 32.6 Å². The molecule has 27 heavy (non-hydrogen) atoms. The van der Waals surface area contributed by atoms with Crippen LogP contribution in [0.4, 0.5) is 4.39 Å². The third-order valence-electron chi connectivity index (χ3n) is 3.45. The minimum absolute atomic E-state index is 0.0760. The highest BCUT2D eigenvalue weighted by Gasteiger charge is 2.17. The van der Waals surface area contributed by atoms with Crippen LogP contribution in [0.1, 0.15) is 22.8 Å². The molecule has 0 radical (unpaired) electrons. The first-order valence-corrected chi connectivity index (χ1v) is 10.00. The van der Waals surface area contributed by atoms with Crippen molar-refractivity contribution in [1.82, 2.24) is 10.9 Å². The molecule has 0 heterocycles. The van der Waals surface area contributed by atoms with Crippen molar-refractivity contribution < 1.29 is 27.1 Å². The van der Waals surface area contributed by atoms with Gasteiger partial charge in [-0.1, -0.05) is 24.3 Å². The summed E-state index contributed by atoms with van der Waals surface area (Å²) in [5, 5.41) is 0. The van der Waals surface area contributed by atoms with E-state index in [2.05, 4.69) is 10.9 Å². The molecule has 0 aromatic heterocycles.